The number of terminal acetylenes is 1. The first kappa shape index (κ1) is 12.7. The molecule has 1 N–H and O–H groups in total. The molecule has 0 saturated carbocycles. The fraction of sp³-hybridized carbons (Fsp3) is 0.333. The summed E-state index contributed by atoms with van der Waals surface area (Å²) in [6.07, 6.45) is 8.63. The highest BCUT2D eigenvalue weighted by Crippen LogP contribution is 2.08. The van der Waals surface area contributed by atoms with Gasteiger partial charge in [-0.25, -0.2) is 4.98 Å². The molecular weight excluding hydrogens is 268 g/mol. The molecule has 84 valence electrons. The van der Waals surface area contributed by atoms with Crippen molar-refractivity contribution >= 4 is 21.8 Å². The molecule has 1 unspecified atom stereocenters. The quantitative estimate of drug-likeness (QED) is 0.680. The Morgan fingerprint density at radius 1 is 1.75 bits per heavy atom. The molecular formula is C12H13BrN2O. The van der Waals surface area contributed by atoms with Crippen LogP contribution in [0.1, 0.15) is 30.1 Å². The molecule has 0 aromatic carbocycles. The second-order valence-corrected chi connectivity index (χ2v) is 4.16. The predicted octanol–water partition coefficient (Wildman–Crippen LogP) is 2.38. The second-order valence-electron chi connectivity index (χ2n) is 3.35. The number of nitrogens with zero attached hydrogens (tertiary/aromatic N) is 1. The van der Waals surface area contributed by atoms with Gasteiger partial charge in [0.2, 0.25) is 0 Å². The van der Waals surface area contributed by atoms with E-state index in [9.17, 15) is 4.79 Å². The summed E-state index contributed by atoms with van der Waals surface area (Å²) in [4.78, 5) is 15.7. The Kier molecular flexibility index (Phi) is 5.00. The number of amides is 1. The summed E-state index contributed by atoms with van der Waals surface area (Å²) in [6.45, 7) is 2.03. The first-order valence-electron chi connectivity index (χ1n) is 5.06. The minimum atomic E-state index is -0.204. The lowest BCUT2D eigenvalue weighted by Gasteiger charge is -2.11. The van der Waals surface area contributed by atoms with Crippen molar-refractivity contribution in [2.75, 3.05) is 0 Å². The van der Waals surface area contributed by atoms with Crippen LogP contribution in [0, 0.1) is 12.3 Å². The first-order chi connectivity index (χ1) is 7.67. The Morgan fingerprint density at radius 3 is 3.06 bits per heavy atom. The maximum Gasteiger partial charge on any atom is 0.252 e. The van der Waals surface area contributed by atoms with Gasteiger partial charge in [-0.15, -0.1) is 6.42 Å². The van der Waals surface area contributed by atoms with E-state index in [1.165, 1.54) is 0 Å². The Balaban J connectivity index is 2.69. The van der Waals surface area contributed by atoms with Crippen LogP contribution in [0.2, 0.25) is 0 Å². The third-order valence-electron chi connectivity index (χ3n) is 2.07. The zero-order valence-corrected chi connectivity index (χ0v) is 10.6. The summed E-state index contributed by atoms with van der Waals surface area (Å²) >= 11 is 3.21. The van der Waals surface area contributed by atoms with E-state index in [4.69, 9.17) is 6.42 Å². The standard InChI is InChI=1S/C12H13BrN2O/c1-3-5-10(4-2)15-12(16)9-6-7-14-11(13)8-9/h2,6-8,10H,3,5H2,1H3,(H,15,16). The Morgan fingerprint density at radius 2 is 2.50 bits per heavy atom. The van der Waals surface area contributed by atoms with Crippen LogP contribution in [0.3, 0.4) is 0 Å². The first-order valence-corrected chi connectivity index (χ1v) is 5.85. The van der Waals surface area contributed by atoms with Crippen LogP contribution >= 0.6 is 15.9 Å². The average Bonchev–Trinajstić information content (AvgIpc) is 2.28. The van der Waals surface area contributed by atoms with Crippen LogP contribution in [0.4, 0.5) is 0 Å². The lowest BCUT2D eigenvalue weighted by Crippen LogP contribution is -2.33. The Bertz CT molecular complexity index is 412. The van der Waals surface area contributed by atoms with E-state index >= 15 is 0 Å². The average molecular weight is 281 g/mol. The Labute approximate surface area is 104 Å². The van der Waals surface area contributed by atoms with Gasteiger partial charge in [0.25, 0.3) is 5.91 Å². The van der Waals surface area contributed by atoms with Crippen molar-refractivity contribution in [3.63, 3.8) is 0 Å². The van der Waals surface area contributed by atoms with Crippen molar-refractivity contribution in [2.24, 2.45) is 0 Å². The van der Waals surface area contributed by atoms with Gasteiger partial charge in [-0.1, -0.05) is 19.3 Å². The van der Waals surface area contributed by atoms with Crippen molar-refractivity contribution in [3.05, 3.63) is 28.5 Å². The molecule has 1 heterocycles. The number of pyridine rings is 1. The van der Waals surface area contributed by atoms with Gasteiger partial charge in [0.05, 0.1) is 6.04 Å². The normalized spacial score (nSPS) is 11.6. The van der Waals surface area contributed by atoms with Crippen LogP contribution in [-0.2, 0) is 0 Å². The summed E-state index contributed by atoms with van der Waals surface area (Å²) in [5, 5.41) is 2.79. The van der Waals surface area contributed by atoms with E-state index in [-0.39, 0.29) is 11.9 Å². The van der Waals surface area contributed by atoms with Crippen molar-refractivity contribution in [2.45, 2.75) is 25.8 Å². The minimum Gasteiger partial charge on any atom is -0.338 e. The van der Waals surface area contributed by atoms with Gasteiger partial charge in [-0.3, -0.25) is 4.79 Å². The highest BCUT2D eigenvalue weighted by Gasteiger charge is 2.10. The summed E-state index contributed by atoms with van der Waals surface area (Å²) in [5.41, 5.74) is 0.554. The number of hydrogen-bond acceptors (Lipinski definition) is 2. The lowest BCUT2D eigenvalue weighted by molar-refractivity contribution is 0.0944. The smallest absolute Gasteiger partial charge is 0.252 e. The van der Waals surface area contributed by atoms with Crippen LogP contribution in [0.15, 0.2) is 22.9 Å². The van der Waals surface area contributed by atoms with Crippen molar-refractivity contribution in [1.82, 2.24) is 10.3 Å². The molecule has 1 rings (SSSR count). The van der Waals surface area contributed by atoms with Gasteiger partial charge in [-0.05, 0) is 34.5 Å². The maximum atomic E-state index is 11.8. The van der Waals surface area contributed by atoms with Crippen LogP contribution in [0.5, 0.6) is 0 Å². The highest BCUT2D eigenvalue weighted by molar-refractivity contribution is 9.10. The minimum absolute atomic E-state index is 0.167. The monoisotopic (exact) mass is 280 g/mol. The summed E-state index contributed by atoms with van der Waals surface area (Å²) in [7, 11) is 0. The molecule has 0 spiro atoms. The van der Waals surface area contributed by atoms with Crippen molar-refractivity contribution in [3.8, 4) is 12.3 Å². The van der Waals surface area contributed by atoms with E-state index in [0.29, 0.717) is 10.2 Å². The molecule has 1 amide bonds. The van der Waals surface area contributed by atoms with Gasteiger partial charge < -0.3 is 5.32 Å². The van der Waals surface area contributed by atoms with Crippen LogP contribution in [0.25, 0.3) is 0 Å². The third-order valence-corrected chi connectivity index (χ3v) is 2.51. The lowest BCUT2D eigenvalue weighted by atomic mass is 10.1. The molecule has 0 aliphatic heterocycles. The molecule has 0 radical (unpaired) electrons. The molecule has 0 saturated heterocycles. The molecule has 3 nitrogen and oxygen atoms in total. The molecule has 0 bridgehead atoms. The summed E-state index contributed by atoms with van der Waals surface area (Å²) in [5.74, 6) is 2.39. The largest absolute Gasteiger partial charge is 0.338 e. The number of carbonyl (C=O) groups excluding carboxylic acids is 1. The predicted molar refractivity (Wildman–Crippen MR) is 66.9 cm³/mol. The molecule has 1 aromatic rings. The topological polar surface area (TPSA) is 42.0 Å². The van der Waals surface area contributed by atoms with Crippen LogP contribution in [-0.4, -0.2) is 16.9 Å². The zero-order chi connectivity index (χ0) is 12.0. The molecule has 1 atom stereocenters. The number of rotatable bonds is 4. The van der Waals surface area contributed by atoms with Crippen molar-refractivity contribution < 1.29 is 4.79 Å². The molecule has 0 fully saturated rings. The van der Waals surface area contributed by atoms with E-state index < -0.39 is 0 Å². The number of hydrogen-bond donors (Lipinski definition) is 1. The molecule has 0 aliphatic rings. The maximum absolute atomic E-state index is 11.8. The van der Waals surface area contributed by atoms with E-state index in [2.05, 4.69) is 32.2 Å². The van der Waals surface area contributed by atoms with Gasteiger partial charge in [0, 0.05) is 11.8 Å². The summed E-state index contributed by atoms with van der Waals surface area (Å²) < 4.78 is 0.632. The van der Waals surface area contributed by atoms with Crippen molar-refractivity contribution in [1.29, 1.82) is 0 Å². The fourth-order valence-corrected chi connectivity index (χ4v) is 1.64. The Hall–Kier alpha value is -1.34. The zero-order valence-electron chi connectivity index (χ0n) is 9.03. The second kappa shape index (κ2) is 6.29. The molecule has 4 heteroatoms. The number of carbonyl (C=O) groups is 1. The highest BCUT2D eigenvalue weighted by atomic mass is 79.9. The number of aromatic nitrogens is 1. The van der Waals surface area contributed by atoms with E-state index in [1.54, 1.807) is 18.3 Å². The SMILES string of the molecule is C#CC(CCC)NC(=O)c1ccnc(Br)c1. The number of nitrogens with one attached hydrogen (secondary N) is 1. The van der Waals surface area contributed by atoms with Gasteiger partial charge in [-0.2, -0.15) is 0 Å². The van der Waals surface area contributed by atoms with Gasteiger partial charge >= 0.3 is 0 Å². The number of halogens is 1. The molecule has 1 aromatic heterocycles. The van der Waals surface area contributed by atoms with Crippen LogP contribution < -0.4 is 5.32 Å². The van der Waals surface area contributed by atoms with Gasteiger partial charge in [0.15, 0.2) is 0 Å². The van der Waals surface area contributed by atoms with Gasteiger partial charge in [0.1, 0.15) is 4.60 Å². The third kappa shape index (κ3) is 3.67. The summed E-state index contributed by atoms with van der Waals surface area (Å²) in [6, 6.07) is 3.11. The van der Waals surface area contributed by atoms with E-state index in [0.717, 1.165) is 12.8 Å². The molecule has 0 aliphatic carbocycles. The fourth-order valence-electron chi connectivity index (χ4n) is 1.27. The molecule has 16 heavy (non-hydrogen) atoms. The van der Waals surface area contributed by atoms with E-state index in [1.807, 2.05) is 6.92 Å².